The number of rotatable bonds is 3. The van der Waals surface area contributed by atoms with Crippen molar-refractivity contribution in [3.05, 3.63) is 23.4 Å². The van der Waals surface area contributed by atoms with Crippen LogP contribution in [0.15, 0.2) is 23.4 Å². The van der Waals surface area contributed by atoms with Gasteiger partial charge in [-0.2, -0.15) is 13.2 Å². The standard InChI is InChI=1S/C11H17F3N2/c1-7(2)16-8(3)10-5-4-9(6-15-10)11(12,13)14/h4-5,7-8,15-16H,6H2,1-3H3. The van der Waals surface area contributed by atoms with E-state index in [9.17, 15) is 13.2 Å². The van der Waals surface area contributed by atoms with Gasteiger partial charge in [0.1, 0.15) is 0 Å². The van der Waals surface area contributed by atoms with E-state index in [1.165, 1.54) is 6.08 Å². The van der Waals surface area contributed by atoms with Gasteiger partial charge >= 0.3 is 6.18 Å². The van der Waals surface area contributed by atoms with Crippen LogP contribution in [0.1, 0.15) is 20.8 Å². The number of halogens is 3. The van der Waals surface area contributed by atoms with E-state index >= 15 is 0 Å². The van der Waals surface area contributed by atoms with Crippen molar-refractivity contribution < 1.29 is 13.2 Å². The molecule has 0 aromatic rings. The molecule has 1 unspecified atom stereocenters. The Morgan fingerprint density at radius 3 is 2.25 bits per heavy atom. The number of dihydropyridines is 1. The van der Waals surface area contributed by atoms with Crippen molar-refractivity contribution in [1.29, 1.82) is 0 Å². The average Bonchev–Trinajstić information content (AvgIpc) is 2.15. The summed E-state index contributed by atoms with van der Waals surface area (Å²) in [6, 6.07) is 0.330. The van der Waals surface area contributed by atoms with Gasteiger partial charge in [-0.1, -0.05) is 19.9 Å². The van der Waals surface area contributed by atoms with Gasteiger partial charge in [0.2, 0.25) is 0 Å². The van der Waals surface area contributed by atoms with Crippen LogP contribution < -0.4 is 10.6 Å². The van der Waals surface area contributed by atoms with Crippen LogP contribution in [0.2, 0.25) is 0 Å². The van der Waals surface area contributed by atoms with E-state index < -0.39 is 11.7 Å². The molecule has 1 aliphatic heterocycles. The van der Waals surface area contributed by atoms with Crippen LogP contribution in [0.5, 0.6) is 0 Å². The lowest BCUT2D eigenvalue weighted by molar-refractivity contribution is -0.0929. The maximum Gasteiger partial charge on any atom is 0.414 e. The zero-order valence-electron chi connectivity index (χ0n) is 9.65. The van der Waals surface area contributed by atoms with E-state index in [1.807, 2.05) is 20.8 Å². The first kappa shape index (κ1) is 13.1. The number of alkyl halides is 3. The molecule has 2 N–H and O–H groups in total. The zero-order valence-corrected chi connectivity index (χ0v) is 9.65. The highest BCUT2D eigenvalue weighted by molar-refractivity contribution is 5.28. The van der Waals surface area contributed by atoms with E-state index in [1.54, 1.807) is 0 Å². The molecule has 0 amide bonds. The molecular weight excluding hydrogens is 217 g/mol. The van der Waals surface area contributed by atoms with Gasteiger partial charge in [0.25, 0.3) is 0 Å². The van der Waals surface area contributed by atoms with Gasteiger partial charge in [-0.3, -0.25) is 0 Å². The monoisotopic (exact) mass is 234 g/mol. The molecule has 1 heterocycles. The van der Waals surface area contributed by atoms with Crippen molar-refractivity contribution in [2.75, 3.05) is 6.54 Å². The van der Waals surface area contributed by atoms with Crippen LogP contribution in [0, 0.1) is 0 Å². The normalized spacial score (nSPS) is 18.9. The fourth-order valence-electron chi connectivity index (χ4n) is 1.59. The summed E-state index contributed by atoms with van der Waals surface area (Å²) in [5.74, 6) is 0. The molecule has 1 aliphatic rings. The van der Waals surface area contributed by atoms with Crippen LogP contribution in [0.25, 0.3) is 0 Å². The summed E-state index contributed by atoms with van der Waals surface area (Å²) < 4.78 is 37.0. The van der Waals surface area contributed by atoms with Crippen molar-refractivity contribution in [2.45, 2.75) is 39.0 Å². The molecule has 0 aromatic carbocycles. The van der Waals surface area contributed by atoms with Gasteiger partial charge in [0.05, 0.1) is 5.57 Å². The lowest BCUT2D eigenvalue weighted by atomic mass is 10.1. The second-order valence-corrected chi connectivity index (χ2v) is 4.21. The van der Waals surface area contributed by atoms with Crippen molar-refractivity contribution in [3.63, 3.8) is 0 Å². The largest absolute Gasteiger partial charge is 0.414 e. The summed E-state index contributed by atoms with van der Waals surface area (Å²) in [7, 11) is 0. The maximum absolute atomic E-state index is 12.3. The Labute approximate surface area is 93.6 Å². The minimum absolute atomic E-state index is 0.0334. The molecular formula is C11H17F3N2. The molecule has 92 valence electrons. The summed E-state index contributed by atoms with van der Waals surface area (Å²) in [6.07, 6.45) is -1.60. The quantitative estimate of drug-likeness (QED) is 0.783. The van der Waals surface area contributed by atoms with Crippen molar-refractivity contribution in [1.82, 2.24) is 10.6 Å². The molecule has 0 saturated carbocycles. The predicted molar refractivity (Wildman–Crippen MR) is 58.0 cm³/mol. The SMILES string of the molecule is CC(C)NC(C)C1=CC=C(C(F)(F)F)CN1. The summed E-state index contributed by atoms with van der Waals surface area (Å²) in [5.41, 5.74) is 0.259. The van der Waals surface area contributed by atoms with Crippen molar-refractivity contribution in [2.24, 2.45) is 0 Å². The molecule has 0 fully saturated rings. The molecule has 16 heavy (non-hydrogen) atoms. The summed E-state index contributed by atoms with van der Waals surface area (Å²) in [6.45, 7) is 5.76. The highest BCUT2D eigenvalue weighted by Crippen LogP contribution is 2.27. The molecule has 2 nitrogen and oxygen atoms in total. The lowest BCUT2D eigenvalue weighted by Crippen LogP contribution is -2.40. The Bertz CT molecular complexity index is 303. The van der Waals surface area contributed by atoms with Crippen LogP contribution in [0.3, 0.4) is 0 Å². The first-order chi connectivity index (χ1) is 7.30. The number of hydrogen-bond donors (Lipinski definition) is 2. The fourth-order valence-corrected chi connectivity index (χ4v) is 1.59. The van der Waals surface area contributed by atoms with Gasteiger partial charge in [-0.25, -0.2) is 0 Å². The van der Waals surface area contributed by atoms with Crippen molar-refractivity contribution in [3.8, 4) is 0 Å². The Balaban J connectivity index is 2.67. The van der Waals surface area contributed by atoms with Gasteiger partial charge in [-0.05, 0) is 13.0 Å². The molecule has 1 rings (SSSR count). The number of hydrogen-bond acceptors (Lipinski definition) is 2. The Kier molecular flexibility index (Phi) is 4.02. The molecule has 1 atom stereocenters. The molecule has 0 radical (unpaired) electrons. The first-order valence-corrected chi connectivity index (χ1v) is 5.28. The second kappa shape index (κ2) is 4.91. The van der Waals surface area contributed by atoms with Gasteiger partial charge < -0.3 is 10.6 Å². The number of nitrogens with one attached hydrogen (secondary N) is 2. The fraction of sp³-hybridized carbons (Fsp3) is 0.636. The minimum Gasteiger partial charge on any atom is -0.383 e. The molecule has 0 spiro atoms. The Morgan fingerprint density at radius 1 is 1.25 bits per heavy atom. The third kappa shape index (κ3) is 3.56. The summed E-state index contributed by atoms with van der Waals surface area (Å²) in [4.78, 5) is 0. The van der Waals surface area contributed by atoms with Crippen LogP contribution in [0.4, 0.5) is 13.2 Å². The Hall–Kier alpha value is -0.970. The maximum atomic E-state index is 12.3. The first-order valence-electron chi connectivity index (χ1n) is 5.28. The van der Waals surface area contributed by atoms with Crippen molar-refractivity contribution >= 4 is 0 Å². The van der Waals surface area contributed by atoms with E-state index in [-0.39, 0.29) is 12.6 Å². The molecule has 5 heteroatoms. The topological polar surface area (TPSA) is 24.1 Å². The highest BCUT2D eigenvalue weighted by Gasteiger charge is 2.34. The third-order valence-corrected chi connectivity index (χ3v) is 2.36. The lowest BCUT2D eigenvalue weighted by Gasteiger charge is -2.25. The third-order valence-electron chi connectivity index (χ3n) is 2.36. The minimum atomic E-state index is -4.23. The van der Waals surface area contributed by atoms with Crippen LogP contribution >= 0.6 is 0 Å². The van der Waals surface area contributed by atoms with Crippen LogP contribution in [-0.4, -0.2) is 24.8 Å². The van der Waals surface area contributed by atoms with Crippen LogP contribution in [-0.2, 0) is 0 Å². The second-order valence-electron chi connectivity index (χ2n) is 4.21. The number of allylic oxidation sites excluding steroid dienone is 2. The van der Waals surface area contributed by atoms with E-state index in [4.69, 9.17) is 0 Å². The molecule has 0 saturated heterocycles. The zero-order chi connectivity index (χ0) is 12.3. The van der Waals surface area contributed by atoms with Gasteiger partial charge in [0, 0.05) is 24.3 Å². The molecule has 0 aromatic heterocycles. The predicted octanol–water partition coefficient (Wildman–Crippen LogP) is 2.35. The summed E-state index contributed by atoms with van der Waals surface area (Å²) >= 11 is 0. The molecule has 0 aliphatic carbocycles. The average molecular weight is 234 g/mol. The summed E-state index contributed by atoms with van der Waals surface area (Å²) in [5, 5.41) is 6.02. The smallest absolute Gasteiger partial charge is 0.383 e. The van der Waals surface area contributed by atoms with E-state index in [2.05, 4.69) is 10.6 Å². The van der Waals surface area contributed by atoms with Gasteiger partial charge in [0.15, 0.2) is 0 Å². The Morgan fingerprint density at radius 2 is 1.88 bits per heavy atom. The highest BCUT2D eigenvalue weighted by atomic mass is 19.4. The van der Waals surface area contributed by atoms with E-state index in [0.29, 0.717) is 6.04 Å². The van der Waals surface area contributed by atoms with E-state index in [0.717, 1.165) is 11.8 Å². The van der Waals surface area contributed by atoms with Gasteiger partial charge in [-0.15, -0.1) is 0 Å². The molecule has 0 bridgehead atoms.